The highest BCUT2D eigenvalue weighted by Crippen LogP contribution is 2.52. The first-order valence-electron chi connectivity index (χ1n) is 10.2. The summed E-state index contributed by atoms with van der Waals surface area (Å²) in [5.41, 5.74) is 5.76. The molecule has 0 saturated heterocycles. The first-order chi connectivity index (χ1) is 15.9. The van der Waals surface area contributed by atoms with E-state index in [9.17, 15) is 14.4 Å². The number of amides is 1. The van der Waals surface area contributed by atoms with Crippen molar-refractivity contribution in [1.82, 2.24) is 9.55 Å². The fourth-order valence-corrected chi connectivity index (χ4v) is 4.61. The fraction of sp³-hybridized carbons (Fsp3) is 0.167. The van der Waals surface area contributed by atoms with E-state index < -0.39 is 22.9 Å². The highest BCUT2D eigenvalue weighted by molar-refractivity contribution is 6.17. The molecule has 1 atom stereocenters. The van der Waals surface area contributed by atoms with Gasteiger partial charge in [0.1, 0.15) is 16.7 Å². The first-order valence-corrected chi connectivity index (χ1v) is 10.2. The molecule has 3 N–H and O–H groups in total. The van der Waals surface area contributed by atoms with Crippen LogP contribution in [0.15, 0.2) is 71.0 Å². The number of para-hydroxylation sites is 1. The maximum Gasteiger partial charge on any atom is 0.340 e. The van der Waals surface area contributed by atoms with Gasteiger partial charge in [-0.3, -0.25) is 14.6 Å². The third-order valence-electron chi connectivity index (χ3n) is 6.04. The van der Waals surface area contributed by atoms with Crippen LogP contribution in [0.1, 0.15) is 22.5 Å². The molecule has 1 aromatic carbocycles. The second kappa shape index (κ2) is 7.33. The number of fused-ring (bicyclic) bond motifs is 4. The minimum atomic E-state index is -1.82. The number of aromatic nitrogens is 2. The first kappa shape index (κ1) is 20.5. The summed E-state index contributed by atoms with van der Waals surface area (Å²) in [6.45, 7) is 1.92. The molecule has 4 heterocycles. The van der Waals surface area contributed by atoms with E-state index in [2.05, 4.69) is 10.3 Å². The van der Waals surface area contributed by atoms with Crippen LogP contribution in [-0.2, 0) is 26.3 Å². The van der Waals surface area contributed by atoms with E-state index in [0.29, 0.717) is 22.6 Å². The summed E-state index contributed by atoms with van der Waals surface area (Å²) in [4.78, 5) is 44.8. The predicted octanol–water partition coefficient (Wildman–Crippen LogP) is 1.57. The molecule has 2 aliphatic rings. The molecule has 0 radical (unpaired) electrons. The van der Waals surface area contributed by atoms with Crippen LogP contribution < -0.4 is 21.3 Å². The number of nitrogens with two attached hydrogens (primary N) is 1. The van der Waals surface area contributed by atoms with Crippen molar-refractivity contribution in [3.63, 3.8) is 0 Å². The number of nitrogens with one attached hydrogen (secondary N) is 1. The quantitative estimate of drug-likeness (QED) is 0.588. The summed E-state index contributed by atoms with van der Waals surface area (Å²) < 4.78 is 12.2. The Kier molecular flexibility index (Phi) is 4.56. The van der Waals surface area contributed by atoms with E-state index in [1.165, 1.54) is 11.7 Å². The molecule has 2 aliphatic heterocycles. The van der Waals surface area contributed by atoms with E-state index in [4.69, 9.17) is 15.2 Å². The molecular weight excluding hydrogens is 424 g/mol. The monoisotopic (exact) mass is 444 g/mol. The average Bonchev–Trinajstić information content (AvgIpc) is 3.08. The number of rotatable bonds is 3. The van der Waals surface area contributed by atoms with E-state index in [1.54, 1.807) is 55.6 Å². The maximum absolute atomic E-state index is 14.0. The number of pyridine rings is 2. The van der Waals surface area contributed by atoms with Gasteiger partial charge in [-0.2, -0.15) is 0 Å². The molecule has 1 spiro atoms. The number of carbonyl (C=O) groups excluding carboxylic acids is 2. The lowest BCUT2D eigenvalue weighted by molar-refractivity contribution is -0.138. The molecule has 3 aromatic rings. The topological polar surface area (TPSA) is 126 Å². The minimum absolute atomic E-state index is 0.00100. The Balaban J connectivity index is 1.86. The molecule has 0 saturated carbocycles. The number of esters is 1. The Morgan fingerprint density at radius 1 is 1.21 bits per heavy atom. The van der Waals surface area contributed by atoms with Crippen molar-refractivity contribution in [3.8, 4) is 5.75 Å². The molecule has 0 bridgehead atoms. The number of carbonyl (C=O) groups is 2. The van der Waals surface area contributed by atoms with Gasteiger partial charge in [0.2, 0.25) is 11.8 Å². The average molecular weight is 444 g/mol. The number of aryl methyl sites for hydroxylation is 1. The molecule has 0 aliphatic carbocycles. The van der Waals surface area contributed by atoms with Crippen molar-refractivity contribution < 1.29 is 19.1 Å². The molecule has 5 rings (SSSR count). The normalized spacial score (nSPS) is 18.4. The summed E-state index contributed by atoms with van der Waals surface area (Å²) in [5, 5.41) is 2.79. The zero-order chi connectivity index (χ0) is 23.3. The third-order valence-corrected chi connectivity index (χ3v) is 6.04. The van der Waals surface area contributed by atoms with Gasteiger partial charge in [-0.05, 0) is 25.1 Å². The zero-order valence-electron chi connectivity index (χ0n) is 17.9. The zero-order valence-corrected chi connectivity index (χ0v) is 17.9. The lowest BCUT2D eigenvalue weighted by atomic mass is 9.68. The number of nitrogens with zero attached hydrogens (tertiary/aromatic N) is 2. The van der Waals surface area contributed by atoms with Gasteiger partial charge in [0.15, 0.2) is 0 Å². The maximum atomic E-state index is 14.0. The van der Waals surface area contributed by atoms with Crippen molar-refractivity contribution >= 4 is 17.6 Å². The van der Waals surface area contributed by atoms with Crippen LogP contribution in [0.4, 0.5) is 5.69 Å². The molecule has 33 heavy (non-hydrogen) atoms. The van der Waals surface area contributed by atoms with Crippen LogP contribution in [0.2, 0.25) is 0 Å². The largest absolute Gasteiger partial charge is 0.465 e. The molecule has 2 aromatic heterocycles. The molecule has 166 valence electrons. The lowest BCUT2D eigenvalue weighted by Gasteiger charge is -2.35. The minimum Gasteiger partial charge on any atom is -0.465 e. The Bertz CT molecular complexity index is 1410. The van der Waals surface area contributed by atoms with Gasteiger partial charge in [-0.1, -0.05) is 24.3 Å². The van der Waals surface area contributed by atoms with Crippen LogP contribution >= 0.6 is 0 Å². The Labute approximate surface area is 188 Å². The SMILES string of the molecule is COC(=O)C1=C(N)Oc2cc(C)n(Cc3ccccn3)c(=O)c2[C@]12C(=O)Nc1ccccc12. The number of benzene rings is 1. The van der Waals surface area contributed by atoms with Crippen molar-refractivity contribution in [2.45, 2.75) is 18.9 Å². The third kappa shape index (κ3) is 2.78. The molecule has 9 nitrogen and oxygen atoms in total. The second-order valence-electron chi connectivity index (χ2n) is 7.82. The van der Waals surface area contributed by atoms with Crippen molar-refractivity contribution in [2.75, 3.05) is 12.4 Å². The van der Waals surface area contributed by atoms with Crippen LogP contribution in [0, 0.1) is 6.92 Å². The van der Waals surface area contributed by atoms with E-state index in [0.717, 1.165) is 0 Å². The lowest BCUT2D eigenvalue weighted by Crippen LogP contribution is -2.50. The summed E-state index contributed by atoms with van der Waals surface area (Å²) in [7, 11) is 1.18. The van der Waals surface area contributed by atoms with Crippen molar-refractivity contribution in [1.29, 1.82) is 0 Å². The van der Waals surface area contributed by atoms with E-state index in [-0.39, 0.29) is 29.3 Å². The van der Waals surface area contributed by atoms with E-state index in [1.807, 2.05) is 6.07 Å². The van der Waals surface area contributed by atoms with E-state index >= 15 is 0 Å². The molecule has 9 heteroatoms. The van der Waals surface area contributed by atoms with Crippen LogP contribution in [0.25, 0.3) is 0 Å². The number of hydrogen-bond acceptors (Lipinski definition) is 7. The second-order valence-corrected chi connectivity index (χ2v) is 7.82. The molecule has 0 unspecified atom stereocenters. The van der Waals surface area contributed by atoms with Gasteiger partial charge in [0, 0.05) is 29.2 Å². The van der Waals surface area contributed by atoms with Crippen molar-refractivity contribution in [3.05, 3.63) is 99.1 Å². The molecular formula is C24H20N4O5. The van der Waals surface area contributed by atoms with Gasteiger partial charge in [0.25, 0.3) is 5.56 Å². The summed E-state index contributed by atoms with van der Waals surface area (Å²) >= 11 is 0. The van der Waals surface area contributed by atoms with Gasteiger partial charge < -0.3 is 25.1 Å². The highest BCUT2D eigenvalue weighted by atomic mass is 16.5. The van der Waals surface area contributed by atoms with Gasteiger partial charge in [-0.25, -0.2) is 4.79 Å². The van der Waals surface area contributed by atoms with Crippen LogP contribution in [0.5, 0.6) is 5.75 Å². The Hall–Kier alpha value is -4.40. The summed E-state index contributed by atoms with van der Waals surface area (Å²) in [6, 6.07) is 13.9. The Morgan fingerprint density at radius 2 is 1.97 bits per heavy atom. The number of hydrogen-bond donors (Lipinski definition) is 2. The van der Waals surface area contributed by atoms with Crippen LogP contribution in [-0.4, -0.2) is 28.5 Å². The van der Waals surface area contributed by atoms with Gasteiger partial charge in [-0.15, -0.1) is 0 Å². The summed E-state index contributed by atoms with van der Waals surface area (Å²) in [6.07, 6.45) is 1.64. The van der Waals surface area contributed by atoms with Gasteiger partial charge in [0.05, 0.1) is 24.9 Å². The number of ether oxygens (including phenoxy) is 2. The summed E-state index contributed by atoms with van der Waals surface area (Å²) in [5.74, 6) is -1.61. The van der Waals surface area contributed by atoms with Crippen LogP contribution in [0.3, 0.4) is 0 Å². The predicted molar refractivity (Wildman–Crippen MR) is 118 cm³/mol. The Morgan fingerprint density at radius 3 is 2.70 bits per heavy atom. The number of anilines is 1. The molecule has 0 fully saturated rings. The highest BCUT2D eigenvalue weighted by Gasteiger charge is 2.60. The fourth-order valence-electron chi connectivity index (χ4n) is 4.61. The van der Waals surface area contributed by atoms with Gasteiger partial charge >= 0.3 is 5.97 Å². The van der Waals surface area contributed by atoms with Crippen molar-refractivity contribution in [2.24, 2.45) is 5.73 Å². The molecule has 1 amide bonds. The smallest absolute Gasteiger partial charge is 0.340 e. The standard InChI is InChI=1S/C24H20N4O5/c1-13-11-17-18(21(29)28(13)12-14-7-5-6-10-26-14)24(19(20(25)33-17)22(30)32-2)15-8-3-4-9-16(15)27-23(24)31/h3-11H,12,25H2,1-2H3,(H,27,31)/t24-/m0/s1. The number of methoxy groups -OCH3 is 1.